The normalized spacial score (nSPS) is 10.8. The second-order valence-corrected chi connectivity index (χ2v) is 6.03. The number of carbonyl (C=O) groups is 1. The average Bonchev–Trinajstić information content (AvgIpc) is 2.58. The number of aryl methyl sites for hydroxylation is 2. The van der Waals surface area contributed by atoms with Crippen LogP contribution in [-0.2, 0) is 11.3 Å². The fraction of sp³-hybridized carbons (Fsp3) is 0.250. The zero-order valence-corrected chi connectivity index (χ0v) is 14.8. The van der Waals surface area contributed by atoms with E-state index in [1.807, 2.05) is 68.5 Å². The van der Waals surface area contributed by atoms with Crippen LogP contribution < -0.4 is 5.32 Å². The number of rotatable bonds is 6. The average molecular weight is 344 g/mol. The van der Waals surface area contributed by atoms with E-state index in [0.29, 0.717) is 6.54 Å². The largest absolute Gasteiger partial charge is 0.445 e. The van der Waals surface area contributed by atoms with Gasteiger partial charge in [0.1, 0.15) is 6.61 Å². The highest BCUT2D eigenvalue weighted by Crippen LogP contribution is 2.22. The minimum Gasteiger partial charge on any atom is -0.445 e. The third-order valence-corrected chi connectivity index (χ3v) is 4.16. The van der Waals surface area contributed by atoms with Gasteiger partial charge in [0.05, 0.1) is 0 Å². The second kappa shape index (κ2) is 9.14. The zero-order valence-electron chi connectivity index (χ0n) is 14.0. The molecule has 0 unspecified atom stereocenters. The Hall–Kier alpha value is -2.26. The first-order chi connectivity index (χ1) is 11.6. The summed E-state index contributed by atoms with van der Waals surface area (Å²) in [4.78, 5) is 11.6. The van der Waals surface area contributed by atoms with Crippen LogP contribution in [0.4, 0.5) is 4.79 Å². The van der Waals surface area contributed by atoms with Crippen LogP contribution in [0.3, 0.4) is 0 Å². The Balaban J connectivity index is 1.69. The molecule has 24 heavy (non-hydrogen) atoms. The molecule has 4 heteroatoms. The van der Waals surface area contributed by atoms with E-state index >= 15 is 0 Å². The van der Waals surface area contributed by atoms with Gasteiger partial charge < -0.3 is 10.1 Å². The third kappa shape index (κ3) is 5.74. The molecule has 0 fully saturated rings. The van der Waals surface area contributed by atoms with Crippen LogP contribution in [-0.4, -0.2) is 12.6 Å². The minimum atomic E-state index is -0.398. The van der Waals surface area contributed by atoms with Gasteiger partial charge in [0, 0.05) is 11.6 Å². The van der Waals surface area contributed by atoms with E-state index in [9.17, 15) is 4.79 Å². The summed E-state index contributed by atoms with van der Waals surface area (Å²) in [7, 11) is 0. The van der Waals surface area contributed by atoms with Crippen molar-refractivity contribution in [1.29, 1.82) is 0 Å². The maximum absolute atomic E-state index is 11.6. The Morgan fingerprint density at radius 3 is 2.50 bits per heavy atom. The van der Waals surface area contributed by atoms with Crippen molar-refractivity contribution in [2.75, 3.05) is 6.54 Å². The lowest BCUT2D eigenvalue weighted by atomic mass is 10.1. The molecule has 2 aromatic carbocycles. The summed E-state index contributed by atoms with van der Waals surface area (Å²) in [6.45, 7) is 4.81. The summed E-state index contributed by atoms with van der Waals surface area (Å²) in [5.74, 6) is 0. The Kier molecular flexibility index (Phi) is 6.89. The van der Waals surface area contributed by atoms with Crippen LogP contribution in [0.25, 0.3) is 6.08 Å². The van der Waals surface area contributed by atoms with Gasteiger partial charge in [-0.05, 0) is 42.5 Å². The highest BCUT2D eigenvalue weighted by Gasteiger charge is 2.02. The lowest BCUT2D eigenvalue weighted by Gasteiger charge is -2.06. The molecular weight excluding hydrogens is 322 g/mol. The monoisotopic (exact) mass is 343 g/mol. The fourth-order valence-electron chi connectivity index (χ4n) is 2.33. The van der Waals surface area contributed by atoms with E-state index in [-0.39, 0.29) is 6.61 Å². The highest BCUT2D eigenvalue weighted by atomic mass is 35.5. The molecule has 0 saturated heterocycles. The second-order valence-electron chi connectivity index (χ2n) is 5.65. The number of carbonyl (C=O) groups excluding carboxylic acids is 1. The van der Waals surface area contributed by atoms with Crippen molar-refractivity contribution in [3.63, 3.8) is 0 Å². The molecule has 0 atom stereocenters. The fourth-order valence-corrected chi connectivity index (χ4v) is 2.44. The van der Waals surface area contributed by atoms with Gasteiger partial charge >= 0.3 is 6.09 Å². The molecule has 0 aromatic heterocycles. The molecule has 1 N–H and O–H groups in total. The van der Waals surface area contributed by atoms with Crippen molar-refractivity contribution in [3.05, 3.63) is 75.8 Å². The number of benzene rings is 2. The third-order valence-electron chi connectivity index (χ3n) is 3.56. The number of ether oxygens (including phenoxy) is 1. The standard InChI is InChI=1S/C20H22ClNO2/c1-15-12-18(13-16(2)19(15)21)10-6-7-11-22-20(23)24-14-17-8-4-3-5-9-17/h3-6,8-10,12-13H,7,11,14H2,1-2H3,(H,22,23). The maximum Gasteiger partial charge on any atom is 0.407 e. The predicted octanol–water partition coefficient (Wildman–Crippen LogP) is 5.29. The molecule has 2 aromatic rings. The van der Waals surface area contributed by atoms with Crippen molar-refractivity contribution in [2.45, 2.75) is 26.9 Å². The smallest absolute Gasteiger partial charge is 0.407 e. The molecule has 3 nitrogen and oxygen atoms in total. The summed E-state index contributed by atoms with van der Waals surface area (Å²) >= 11 is 6.16. The lowest BCUT2D eigenvalue weighted by molar-refractivity contribution is 0.140. The van der Waals surface area contributed by atoms with Gasteiger partial charge in [-0.2, -0.15) is 0 Å². The lowest BCUT2D eigenvalue weighted by Crippen LogP contribution is -2.24. The number of amides is 1. The molecule has 0 aliphatic rings. The van der Waals surface area contributed by atoms with E-state index < -0.39 is 6.09 Å². The van der Waals surface area contributed by atoms with Gasteiger partial charge in [-0.3, -0.25) is 0 Å². The molecule has 0 spiro atoms. The van der Waals surface area contributed by atoms with Crippen LogP contribution in [0.2, 0.25) is 5.02 Å². The highest BCUT2D eigenvalue weighted by molar-refractivity contribution is 6.32. The Labute approximate surface area is 148 Å². The Morgan fingerprint density at radius 1 is 1.17 bits per heavy atom. The molecule has 0 bridgehead atoms. The first-order valence-electron chi connectivity index (χ1n) is 7.94. The van der Waals surface area contributed by atoms with Gasteiger partial charge in [0.2, 0.25) is 0 Å². The molecule has 126 valence electrons. The van der Waals surface area contributed by atoms with E-state index in [1.54, 1.807) is 0 Å². The number of hydrogen-bond donors (Lipinski definition) is 1. The van der Waals surface area contributed by atoms with Gasteiger partial charge in [0.25, 0.3) is 0 Å². The molecule has 0 aliphatic heterocycles. The van der Waals surface area contributed by atoms with Crippen LogP contribution in [0, 0.1) is 13.8 Å². The minimum absolute atomic E-state index is 0.284. The van der Waals surface area contributed by atoms with Crippen molar-refractivity contribution < 1.29 is 9.53 Å². The number of hydrogen-bond acceptors (Lipinski definition) is 2. The Morgan fingerprint density at radius 2 is 1.83 bits per heavy atom. The van der Waals surface area contributed by atoms with Crippen LogP contribution in [0.1, 0.15) is 28.7 Å². The topological polar surface area (TPSA) is 38.3 Å². The molecular formula is C20H22ClNO2. The SMILES string of the molecule is Cc1cc(C=CCCNC(=O)OCc2ccccc2)cc(C)c1Cl. The Bertz CT molecular complexity index is 688. The van der Waals surface area contributed by atoms with Crippen molar-refractivity contribution in [2.24, 2.45) is 0 Å². The first-order valence-corrected chi connectivity index (χ1v) is 8.32. The summed E-state index contributed by atoms with van der Waals surface area (Å²) < 4.78 is 5.15. The van der Waals surface area contributed by atoms with Crippen LogP contribution in [0.5, 0.6) is 0 Å². The van der Waals surface area contributed by atoms with Crippen molar-refractivity contribution in [3.8, 4) is 0 Å². The number of alkyl carbamates (subject to hydrolysis) is 1. The number of nitrogens with one attached hydrogen (secondary N) is 1. The van der Waals surface area contributed by atoms with E-state index in [2.05, 4.69) is 5.32 Å². The maximum atomic E-state index is 11.6. The van der Waals surface area contributed by atoms with Crippen LogP contribution in [0.15, 0.2) is 48.5 Å². The summed E-state index contributed by atoms with van der Waals surface area (Å²) in [6, 6.07) is 13.7. The molecule has 1 amide bonds. The van der Waals surface area contributed by atoms with E-state index in [1.165, 1.54) is 0 Å². The quantitative estimate of drug-likeness (QED) is 0.724. The van der Waals surface area contributed by atoms with Crippen molar-refractivity contribution >= 4 is 23.8 Å². The summed E-state index contributed by atoms with van der Waals surface area (Å²) in [6.07, 6.45) is 4.40. The predicted molar refractivity (Wildman–Crippen MR) is 99.2 cm³/mol. The molecule has 0 saturated carbocycles. The van der Waals surface area contributed by atoms with E-state index in [4.69, 9.17) is 16.3 Å². The summed E-state index contributed by atoms with van der Waals surface area (Å²) in [5.41, 5.74) is 4.22. The first kappa shape index (κ1) is 18.1. The molecule has 0 radical (unpaired) electrons. The summed E-state index contributed by atoms with van der Waals surface area (Å²) in [5, 5.41) is 3.55. The van der Waals surface area contributed by atoms with Gasteiger partial charge in [-0.25, -0.2) is 4.79 Å². The van der Waals surface area contributed by atoms with E-state index in [0.717, 1.165) is 33.7 Å². The zero-order chi connectivity index (χ0) is 17.4. The van der Waals surface area contributed by atoms with Gasteiger partial charge in [-0.1, -0.05) is 66.2 Å². The molecule has 0 heterocycles. The number of halogens is 1. The van der Waals surface area contributed by atoms with Gasteiger partial charge in [0.15, 0.2) is 0 Å². The van der Waals surface area contributed by atoms with Crippen molar-refractivity contribution in [1.82, 2.24) is 5.32 Å². The molecule has 0 aliphatic carbocycles. The van der Waals surface area contributed by atoms with Crippen LogP contribution >= 0.6 is 11.6 Å². The van der Waals surface area contributed by atoms with Gasteiger partial charge in [-0.15, -0.1) is 0 Å². The molecule has 2 rings (SSSR count).